The Hall–Kier alpha value is -1.05. The average molecular weight is 281 g/mol. The van der Waals surface area contributed by atoms with E-state index in [9.17, 15) is 0 Å². The maximum atomic E-state index is 6.16. The summed E-state index contributed by atoms with van der Waals surface area (Å²) in [4.78, 5) is 0.812. The minimum atomic E-state index is 0.00370. The molecule has 1 aliphatic heterocycles. The second kappa shape index (κ2) is 5.52. The average Bonchev–Trinajstić information content (AvgIpc) is 3.09. The van der Waals surface area contributed by atoms with Crippen LogP contribution in [0.5, 0.6) is 0 Å². The summed E-state index contributed by atoms with van der Waals surface area (Å²) in [5.41, 5.74) is 6.16. The van der Waals surface area contributed by atoms with Gasteiger partial charge in [-0.25, -0.2) is 0 Å². The Morgan fingerprint density at radius 3 is 3.16 bits per heavy atom. The van der Waals surface area contributed by atoms with Gasteiger partial charge in [-0.15, -0.1) is 10.2 Å². The molecule has 0 bridgehead atoms. The van der Waals surface area contributed by atoms with Crippen LogP contribution < -0.4 is 5.73 Å². The molecule has 6 nitrogen and oxygen atoms in total. The number of ether oxygens (including phenoxy) is 1. The summed E-state index contributed by atoms with van der Waals surface area (Å²) in [6, 6.07) is 0.00370. The fraction of sp³-hybridized carbons (Fsp3) is 0.750. The maximum absolute atomic E-state index is 6.16. The van der Waals surface area contributed by atoms with Crippen LogP contribution in [0.1, 0.15) is 62.0 Å². The van der Waals surface area contributed by atoms with Crippen molar-refractivity contribution in [2.75, 3.05) is 6.61 Å². The number of hydrogen-bond donors (Lipinski definition) is 1. The molecule has 0 aromatic carbocycles. The minimum Gasteiger partial charge on any atom is -0.370 e. The zero-order valence-electron chi connectivity index (χ0n) is 11.1. The van der Waals surface area contributed by atoms with E-state index in [1.54, 1.807) is 0 Å². The highest BCUT2D eigenvalue weighted by molar-refractivity contribution is 7.16. The first kappa shape index (κ1) is 13.0. The minimum absolute atomic E-state index is 0.00370. The van der Waals surface area contributed by atoms with Crippen LogP contribution in [0.4, 0.5) is 0 Å². The molecule has 1 fully saturated rings. The summed E-state index contributed by atoms with van der Waals surface area (Å²) >= 11 is 1.53. The molecule has 2 aromatic heterocycles. The predicted molar refractivity (Wildman–Crippen MR) is 73.0 cm³/mol. The number of aromatic nitrogens is 4. The second-order valence-corrected chi connectivity index (χ2v) is 5.93. The maximum Gasteiger partial charge on any atom is 0.234 e. The largest absolute Gasteiger partial charge is 0.370 e. The zero-order valence-corrected chi connectivity index (χ0v) is 11.9. The lowest BCUT2D eigenvalue weighted by Crippen LogP contribution is -2.11. The van der Waals surface area contributed by atoms with Gasteiger partial charge >= 0.3 is 0 Å². The lowest BCUT2D eigenvalue weighted by Gasteiger charge is -2.06. The van der Waals surface area contributed by atoms with Crippen molar-refractivity contribution >= 4 is 16.3 Å². The standard InChI is InChI=1S/C12H19N5OS/c1-2-3-5-8(13)11-16-17-10(9-6-4-7-18-9)14-15-12(17)19-11/h8-9H,2-7,13H2,1H3. The van der Waals surface area contributed by atoms with Crippen LogP contribution in [-0.2, 0) is 4.74 Å². The van der Waals surface area contributed by atoms with E-state index in [0.717, 1.165) is 54.5 Å². The third-order valence-corrected chi connectivity index (χ3v) is 4.46. The highest BCUT2D eigenvalue weighted by Gasteiger charge is 2.25. The van der Waals surface area contributed by atoms with Crippen LogP contribution in [-0.4, -0.2) is 26.4 Å². The van der Waals surface area contributed by atoms with Gasteiger partial charge in [0.1, 0.15) is 11.1 Å². The molecule has 3 heterocycles. The zero-order chi connectivity index (χ0) is 13.2. The predicted octanol–water partition coefficient (Wildman–Crippen LogP) is 2.23. The van der Waals surface area contributed by atoms with Gasteiger partial charge in [0.2, 0.25) is 4.96 Å². The van der Waals surface area contributed by atoms with E-state index >= 15 is 0 Å². The Kier molecular flexibility index (Phi) is 3.76. The summed E-state index contributed by atoms with van der Waals surface area (Å²) in [5.74, 6) is 0.817. The molecular formula is C12H19N5OS. The van der Waals surface area contributed by atoms with E-state index in [0.29, 0.717) is 0 Å². The first-order chi connectivity index (χ1) is 9.29. The van der Waals surface area contributed by atoms with Crippen molar-refractivity contribution in [3.05, 3.63) is 10.8 Å². The fourth-order valence-electron chi connectivity index (χ4n) is 2.33. The Labute approximate surface area is 116 Å². The Bertz CT molecular complexity index is 545. The molecule has 104 valence electrons. The van der Waals surface area contributed by atoms with Crippen LogP contribution in [0.25, 0.3) is 4.96 Å². The highest BCUT2D eigenvalue weighted by atomic mass is 32.1. The molecule has 0 saturated carbocycles. The summed E-state index contributed by atoms with van der Waals surface area (Å²) in [6.45, 7) is 2.97. The van der Waals surface area contributed by atoms with E-state index in [-0.39, 0.29) is 12.1 Å². The summed E-state index contributed by atoms with van der Waals surface area (Å²) in [7, 11) is 0. The van der Waals surface area contributed by atoms with Gasteiger partial charge in [-0.1, -0.05) is 31.1 Å². The van der Waals surface area contributed by atoms with Crippen molar-refractivity contribution in [2.24, 2.45) is 5.73 Å². The number of rotatable bonds is 5. The van der Waals surface area contributed by atoms with Gasteiger partial charge < -0.3 is 10.5 Å². The molecule has 2 unspecified atom stereocenters. The third-order valence-electron chi connectivity index (χ3n) is 3.43. The van der Waals surface area contributed by atoms with Crippen LogP contribution >= 0.6 is 11.3 Å². The Morgan fingerprint density at radius 2 is 2.42 bits per heavy atom. The van der Waals surface area contributed by atoms with Gasteiger partial charge in [-0.05, 0) is 19.3 Å². The normalized spacial score (nSPS) is 21.3. The van der Waals surface area contributed by atoms with Gasteiger partial charge in [0.15, 0.2) is 5.82 Å². The molecule has 1 saturated heterocycles. The van der Waals surface area contributed by atoms with Gasteiger partial charge in [0, 0.05) is 6.61 Å². The first-order valence-electron chi connectivity index (χ1n) is 6.88. The summed E-state index contributed by atoms with van der Waals surface area (Å²) < 4.78 is 7.46. The van der Waals surface area contributed by atoms with E-state index < -0.39 is 0 Å². The monoisotopic (exact) mass is 281 g/mol. The molecule has 2 aromatic rings. The second-order valence-electron chi connectivity index (χ2n) is 4.94. The topological polar surface area (TPSA) is 78.3 Å². The van der Waals surface area contributed by atoms with Crippen molar-refractivity contribution in [1.29, 1.82) is 0 Å². The number of nitrogens with two attached hydrogens (primary N) is 1. The summed E-state index contributed by atoms with van der Waals surface area (Å²) in [5, 5.41) is 13.9. The van der Waals surface area contributed by atoms with Crippen LogP contribution in [0.2, 0.25) is 0 Å². The van der Waals surface area contributed by atoms with Crippen molar-refractivity contribution in [1.82, 2.24) is 19.8 Å². The van der Waals surface area contributed by atoms with Crippen LogP contribution in [0.15, 0.2) is 0 Å². The fourth-order valence-corrected chi connectivity index (χ4v) is 3.21. The van der Waals surface area contributed by atoms with Gasteiger partial charge in [-0.2, -0.15) is 9.61 Å². The van der Waals surface area contributed by atoms with Gasteiger partial charge in [0.25, 0.3) is 0 Å². The quantitative estimate of drug-likeness (QED) is 0.909. The lowest BCUT2D eigenvalue weighted by molar-refractivity contribution is 0.103. The lowest BCUT2D eigenvalue weighted by atomic mass is 10.1. The Morgan fingerprint density at radius 1 is 1.53 bits per heavy atom. The molecule has 19 heavy (non-hydrogen) atoms. The van der Waals surface area contributed by atoms with Crippen molar-refractivity contribution in [2.45, 2.75) is 51.2 Å². The molecule has 0 amide bonds. The smallest absolute Gasteiger partial charge is 0.234 e. The van der Waals surface area contributed by atoms with Gasteiger partial charge in [-0.3, -0.25) is 0 Å². The molecule has 2 N–H and O–H groups in total. The number of fused-ring (bicyclic) bond motifs is 1. The third kappa shape index (κ3) is 2.50. The van der Waals surface area contributed by atoms with E-state index in [1.165, 1.54) is 11.3 Å². The molecule has 7 heteroatoms. The molecule has 0 radical (unpaired) electrons. The van der Waals surface area contributed by atoms with Gasteiger partial charge in [0.05, 0.1) is 6.04 Å². The SMILES string of the molecule is CCCCC(N)c1nn2c(C3CCCO3)nnc2s1. The summed E-state index contributed by atoms with van der Waals surface area (Å²) in [6.07, 6.45) is 5.36. The highest BCUT2D eigenvalue weighted by Crippen LogP contribution is 2.29. The van der Waals surface area contributed by atoms with Crippen LogP contribution in [0, 0.1) is 0 Å². The number of unbranched alkanes of at least 4 members (excludes halogenated alkanes) is 1. The van der Waals surface area contributed by atoms with Crippen molar-refractivity contribution in [3.63, 3.8) is 0 Å². The Balaban J connectivity index is 1.84. The van der Waals surface area contributed by atoms with Crippen LogP contribution in [0.3, 0.4) is 0 Å². The van der Waals surface area contributed by atoms with E-state index in [4.69, 9.17) is 10.5 Å². The molecule has 2 atom stereocenters. The van der Waals surface area contributed by atoms with E-state index in [1.807, 2.05) is 4.52 Å². The number of nitrogens with zero attached hydrogens (tertiary/aromatic N) is 4. The molecule has 0 spiro atoms. The molecular weight excluding hydrogens is 262 g/mol. The van der Waals surface area contributed by atoms with Crippen molar-refractivity contribution < 1.29 is 4.74 Å². The molecule has 3 rings (SSSR count). The van der Waals surface area contributed by atoms with Crippen molar-refractivity contribution in [3.8, 4) is 0 Å². The molecule has 1 aliphatic rings. The molecule has 0 aliphatic carbocycles. The number of hydrogen-bond acceptors (Lipinski definition) is 6. The first-order valence-corrected chi connectivity index (χ1v) is 7.70. The van der Waals surface area contributed by atoms with E-state index in [2.05, 4.69) is 22.2 Å².